The maximum atomic E-state index is 12.9. The Kier molecular flexibility index (Phi) is 3.11. The fourth-order valence-corrected chi connectivity index (χ4v) is 0.778. The van der Waals surface area contributed by atoms with Crippen LogP contribution in [0.3, 0.4) is 0 Å². The summed E-state index contributed by atoms with van der Waals surface area (Å²) >= 11 is 0. The minimum atomic E-state index is -0.723. The molecule has 0 aliphatic carbocycles. The fourth-order valence-electron chi connectivity index (χ4n) is 0.778. The second-order valence-corrected chi connectivity index (χ2v) is 2.45. The molecule has 0 heterocycles. The molecule has 0 fully saturated rings. The molecule has 0 radical (unpaired) electrons. The van der Waals surface area contributed by atoms with Gasteiger partial charge in [-0.25, -0.2) is 14.2 Å². The van der Waals surface area contributed by atoms with E-state index >= 15 is 0 Å². The van der Waals surface area contributed by atoms with Crippen molar-refractivity contribution in [3.8, 4) is 0 Å². The lowest BCUT2D eigenvalue weighted by molar-refractivity contribution is 0.582. The Bertz CT molecular complexity index is 376. The van der Waals surface area contributed by atoms with Gasteiger partial charge in [-0.05, 0) is 12.1 Å². The summed E-state index contributed by atoms with van der Waals surface area (Å²) in [6.45, 7) is 0. The van der Waals surface area contributed by atoms with Gasteiger partial charge in [-0.2, -0.15) is 5.10 Å². The number of nitrogens with one attached hydrogen (secondary N) is 2. The van der Waals surface area contributed by atoms with E-state index in [1.807, 2.05) is 0 Å². The molecule has 0 atom stereocenters. The van der Waals surface area contributed by atoms with E-state index in [1.54, 1.807) is 0 Å². The molecule has 0 saturated heterocycles. The van der Waals surface area contributed by atoms with Gasteiger partial charge in [-0.1, -0.05) is 0 Å². The summed E-state index contributed by atoms with van der Waals surface area (Å²) in [6, 6.07) is 3.09. The fraction of sp³-hybridized carbons (Fsp3) is 0. The van der Waals surface area contributed by atoms with Crippen LogP contribution in [0.25, 0.3) is 0 Å². The van der Waals surface area contributed by atoms with Crippen molar-refractivity contribution < 1.29 is 8.78 Å². The van der Waals surface area contributed by atoms with Crippen molar-refractivity contribution in [2.45, 2.75) is 0 Å². The first kappa shape index (κ1) is 10.1. The highest BCUT2D eigenvalue weighted by atomic mass is 19.1. The predicted molar refractivity (Wildman–Crippen MR) is 49.0 cm³/mol. The average molecular weight is 198 g/mol. The van der Waals surface area contributed by atoms with Crippen LogP contribution >= 0.6 is 0 Å². The molecule has 0 unspecified atom stereocenters. The van der Waals surface area contributed by atoms with Crippen molar-refractivity contribution in [2.24, 2.45) is 10.8 Å². The minimum Gasteiger partial charge on any atom is -0.369 e. The first-order valence-electron chi connectivity index (χ1n) is 3.68. The second-order valence-electron chi connectivity index (χ2n) is 2.45. The summed E-state index contributed by atoms with van der Waals surface area (Å²) in [4.78, 5) is 0. The molecule has 74 valence electrons. The van der Waals surface area contributed by atoms with Gasteiger partial charge in [0.05, 0.1) is 6.21 Å². The van der Waals surface area contributed by atoms with E-state index in [2.05, 4.69) is 10.5 Å². The van der Waals surface area contributed by atoms with Gasteiger partial charge >= 0.3 is 0 Å². The van der Waals surface area contributed by atoms with Gasteiger partial charge in [-0.15, -0.1) is 0 Å². The number of guanidine groups is 1. The van der Waals surface area contributed by atoms with Crippen molar-refractivity contribution in [2.75, 3.05) is 0 Å². The van der Waals surface area contributed by atoms with Gasteiger partial charge in [0.25, 0.3) is 0 Å². The first-order valence-corrected chi connectivity index (χ1v) is 3.68. The van der Waals surface area contributed by atoms with E-state index in [0.29, 0.717) is 0 Å². The molecule has 1 aromatic rings. The molecule has 0 aliphatic heterocycles. The van der Waals surface area contributed by atoms with Crippen molar-refractivity contribution in [1.82, 2.24) is 5.43 Å². The Morgan fingerprint density at radius 1 is 1.50 bits per heavy atom. The van der Waals surface area contributed by atoms with E-state index in [4.69, 9.17) is 11.1 Å². The van der Waals surface area contributed by atoms with Crippen molar-refractivity contribution in [3.05, 3.63) is 35.4 Å². The molecule has 6 heteroatoms. The summed E-state index contributed by atoms with van der Waals surface area (Å²) in [6.07, 6.45) is 1.11. The molecule has 0 bridgehead atoms. The Balaban J connectivity index is 2.76. The Morgan fingerprint density at radius 3 is 2.79 bits per heavy atom. The van der Waals surface area contributed by atoms with Crippen LogP contribution in [0.1, 0.15) is 5.56 Å². The third kappa shape index (κ3) is 2.81. The summed E-state index contributed by atoms with van der Waals surface area (Å²) in [5, 5.41) is 10.2. The Hall–Kier alpha value is -1.98. The third-order valence-corrected chi connectivity index (χ3v) is 1.35. The van der Waals surface area contributed by atoms with Crippen LogP contribution in [0, 0.1) is 17.0 Å². The minimum absolute atomic E-state index is 0.111. The van der Waals surface area contributed by atoms with E-state index in [0.717, 1.165) is 18.3 Å². The zero-order chi connectivity index (χ0) is 10.6. The summed E-state index contributed by atoms with van der Waals surface area (Å²) in [5.74, 6) is -1.73. The number of nitrogens with zero attached hydrogens (tertiary/aromatic N) is 1. The van der Waals surface area contributed by atoms with E-state index < -0.39 is 11.6 Å². The van der Waals surface area contributed by atoms with Crippen LogP contribution in [0.5, 0.6) is 0 Å². The summed E-state index contributed by atoms with van der Waals surface area (Å²) in [7, 11) is 0. The van der Waals surface area contributed by atoms with E-state index in [9.17, 15) is 8.78 Å². The highest BCUT2D eigenvalue weighted by molar-refractivity contribution is 5.82. The SMILES string of the molecule is N=C(N)N/N=C/c1ccc(F)cc1F. The standard InChI is InChI=1S/C8H8F2N4/c9-6-2-1-5(7(10)3-6)4-13-14-8(11)12/h1-4H,(H4,11,12,14)/b13-4+. The monoisotopic (exact) mass is 198 g/mol. The molecule has 1 rings (SSSR count). The maximum absolute atomic E-state index is 12.9. The van der Waals surface area contributed by atoms with Gasteiger partial charge in [0.1, 0.15) is 11.6 Å². The number of hydrogen-bond donors (Lipinski definition) is 3. The van der Waals surface area contributed by atoms with Crippen molar-refractivity contribution in [1.29, 1.82) is 5.41 Å². The molecule has 1 aromatic carbocycles. The lowest BCUT2D eigenvalue weighted by atomic mass is 10.2. The highest BCUT2D eigenvalue weighted by Gasteiger charge is 2.00. The molecular weight excluding hydrogens is 190 g/mol. The average Bonchev–Trinajstić information content (AvgIpc) is 2.08. The second kappa shape index (κ2) is 4.31. The third-order valence-electron chi connectivity index (χ3n) is 1.35. The zero-order valence-corrected chi connectivity index (χ0v) is 7.09. The molecule has 14 heavy (non-hydrogen) atoms. The van der Waals surface area contributed by atoms with Gasteiger partial charge < -0.3 is 5.73 Å². The summed E-state index contributed by atoms with van der Waals surface area (Å²) in [5.41, 5.74) is 7.14. The zero-order valence-electron chi connectivity index (χ0n) is 7.09. The topological polar surface area (TPSA) is 74.3 Å². The lowest BCUT2D eigenvalue weighted by Gasteiger charge is -1.96. The quantitative estimate of drug-likeness (QED) is 0.373. The lowest BCUT2D eigenvalue weighted by Crippen LogP contribution is -2.25. The highest BCUT2D eigenvalue weighted by Crippen LogP contribution is 2.06. The van der Waals surface area contributed by atoms with Crippen LogP contribution in [-0.2, 0) is 0 Å². The normalized spacial score (nSPS) is 10.4. The molecule has 0 aromatic heterocycles. The Labute approximate surface area is 78.9 Å². The Morgan fingerprint density at radius 2 is 2.21 bits per heavy atom. The number of halogens is 2. The predicted octanol–water partition coefficient (Wildman–Crippen LogP) is 0.782. The maximum Gasteiger partial charge on any atom is 0.206 e. The van der Waals surface area contributed by atoms with Crippen LogP contribution in [-0.4, -0.2) is 12.2 Å². The van der Waals surface area contributed by atoms with Crippen LogP contribution in [0.15, 0.2) is 23.3 Å². The number of hydrazone groups is 1. The van der Waals surface area contributed by atoms with Crippen LogP contribution < -0.4 is 11.2 Å². The van der Waals surface area contributed by atoms with Gasteiger partial charge in [0.2, 0.25) is 5.96 Å². The first-order chi connectivity index (χ1) is 6.59. The molecular formula is C8H8F2N4. The van der Waals surface area contributed by atoms with Crippen molar-refractivity contribution in [3.63, 3.8) is 0 Å². The number of benzene rings is 1. The van der Waals surface area contributed by atoms with Crippen LogP contribution in [0.4, 0.5) is 8.78 Å². The number of rotatable bonds is 2. The van der Waals surface area contributed by atoms with Crippen LogP contribution in [0.2, 0.25) is 0 Å². The molecule has 0 spiro atoms. The smallest absolute Gasteiger partial charge is 0.206 e. The molecule has 4 nitrogen and oxygen atoms in total. The van der Waals surface area contributed by atoms with E-state index in [-0.39, 0.29) is 11.5 Å². The van der Waals surface area contributed by atoms with Gasteiger partial charge in [-0.3, -0.25) is 5.41 Å². The molecule has 0 amide bonds. The van der Waals surface area contributed by atoms with E-state index in [1.165, 1.54) is 6.07 Å². The van der Waals surface area contributed by atoms with Gasteiger partial charge in [0.15, 0.2) is 0 Å². The molecule has 0 saturated carbocycles. The number of nitrogens with two attached hydrogens (primary N) is 1. The summed E-state index contributed by atoms with van der Waals surface area (Å²) < 4.78 is 25.4. The van der Waals surface area contributed by atoms with Crippen molar-refractivity contribution >= 4 is 12.2 Å². The molecule has 4 N–H and O–H groups in total. The number of hydrogen-bond acceptors (Lipinski definition) is 2. The van der Waals surface area contributed by atoms with Gasteiger partial charge in [0, 0.05) is 11.6 Å². The largest absolute Gasteiger partial charge is 0.369 e. The molecule has 0 aliphatic rings.